The SMILES string of the molecule is CC1(C)c2ccccc2-c2cc3c4ccccc4n(-c4ccc(-c5ccc6c(c5)C57CC8CC9(CC%10CC(CC(C5)c5ccccc5-6)(c5ccccc5-c5ccccc5%10)C97)c5ccccc5-c5ccccc58)cc4)c3cc21. The number of nitrogens with zero attached hydrogens (tertiary/aromatic N) is 1. The molecule has 0 N–H and O–H groups in total. The summed E-state index contributed by atoms with van der Waals surface area (Å²) < 4.78 is 2.53. The molecule has 3 saturated carbocycles. The van der Waals surface area contributed by atoms with E-state index in [1.807, 2.05) is 0 Å². The molecule has 1 nitrogen and oxygen atoms in total. The van der Waals surface area contributed by atoms with E-state index < -0.39 is 0 Å². The van der Waals surface area contributed by atoms with Gasteiger partial charge in [0.05, 0.1) is 11.0 Å². The van der Waals surface area contributed by atoms with E-state index in [1.54, 1.807) is 33.4 Å². The fourth-order valence-corrected chi connectivity index (χ4v) is 19.4. The van der Waals surface area contributed by atoms with E-state index >= 15 is 0 Å². The predicted molar refractivity (Wildman–Crippen MR) is 317 cm³/mol. The van der Waals surface area contributed by atoms with Gasteiger partial charge in [0.15, 0.2) is 0 Å². The van der Waals surface area contributed by atoms with Crippen LogP contribution in [0.1, 0.15) is 115 Å². The summed E-state index contributed by atoms with van der Waals surface area (Å²) in [7, 11) is 0. The maximum Gasteiger partial charge on any atom is 0.0544 e. The van der Waals surface area contributed by atoms with Crippen LogP contribution in [-0.4, -0.2) is 4.57 Å². The summed E-state index contributed by atoms with van der Waals surface area (Å²) in [5, 5.41) is 2.62. The van der Waals surface area contributed by atoms with Crippen molar-refractivity contribution in [3.63, 3.8) is 0 Å². The Morgan fingerprint density at radius 3 is 1.30 bits per heavy atom. The van der Waals surface area contributed by atoms with E-state index in [0.29, 0.717) is 23.7 Å². The van der Waals surface area contributed by atoms with Crippen LogP contribution in [0.2, 0.25) is 0 Å². The minimum atomic E-state index is -0.119. The molecule has 7 unspecified atom stereocenters. The summed E-state index contributed by atoms with van der Waals surface area (Å²) in [4.78, 5) is 0. The molecule has 1 aromatic heterocycles. The van der Waals surface area contributed by atoms with Gasteiger partial charge < -0.3 is 4.57 Å². The van der Waals surface area contributed by atoms with Gasteiger partial charge in [-0.25, -0.2) is 0 Å². The summed E-state index contributed by atoms with van der Waals surface area (Å²) >= 11 is 0. The zero-order chi connectivity index (χ0) is 50.6. The first-order valence-electron chi connectivity index (χ1n) is 28.7. The third kappa shape index (κ3) is 5.41. The van der Waals surface area contributed by atoms with Gasteiger partial charge in [-0.1, -0.05) is 202 Å². The van der Waals surface area contributed by atoms with Gasteiger partial charge >= 0.3 is 0 Å². The Hall–Kier alpha value is -8.00. The van der Waals surface area contributed by atoms with Gasteiger partial charge in [-0.05, 0) is 199 Å². The van der Waals surface area contributed by atoms with E-state index in [-0.39, 0.29) is 21.7 Å². The molecule has 6 bridgehead atoms. The Morgan fingerprint density at radius 1 is 0.312 bits per heavy atom. The molecule has 0 saturated heterocycles. The minimum absolute atomic E-state index is 0.0666. The first-order valence-corrected chi connectivity index (χ1v) is 28.7. The molecule has 0 amide bonds. The number of benzene rings is 10. The highest BCUT2D eigenvalue weighted by Crippen LogP contribution is 2.79. The molecule has 3 spiro atoms. The Morgan fingerprint density at radius 2 is 0.740 bits per heavy atom. The predicted octanol–water partition coefficient (Wildman–Crippen LogP) is 19.2. The number of hydrogen-bond acceptors (Lipinski definition) is 0. The number of aromatic nitrogens is 1. The summed E-state index contributed by atoms with van der Waals surface area (Å²) in [5.41, 5.74) is 29.9. The van der Waals surface area contributed by atoms with Crippen LogP contribution in [0.25, 0.3) is 83.1 Å². The molecule has 10 aromatic carbocycles. The Labute approximate surface area is 451 Å². The highest BCUT2D eigenvalue weighted by Gasteiger charge is 2.72. The minimum Gasteiger partial charge on any atom is -0.309 e. The van der Waals surface area contributed by atoms with E-state index in [9.17, 15) is 0 Å². The molecule has 7 atom stereocenters. The van der Waals surface area contributed by atoms with Crippen molar-refractivity contribution in [3.05, 3.63) is 269 Å². The fraction of sp³-hybridized carbons (Fsp3) is 0.211. The maximum absolute atomic E-state index is 2.75. The molecule has 11 aromatic rings. The standard InChI is InChI=1S/C76H59N/c1-73(2)65-27-13-9-25-60(65)63-38-64-62-26-12-16-30-70(62)77(71(64)39-68(63)73)51-34-31-46(32-35-51)47-33-36-61-57-22-8-5-19-54(57)50-43-75-41-48(52-17-3-6-20-55(52)58-23-10-14-28-66(58)75)40-74-42-49(44-76(45-50,72(74)75)69(61)37-47)53-18-4-7-21-56(53)59-24-11-15-29-67(59)74/h3-39,48-50,72H,40-45H2,1-2H3. The van der Waals surface area contributed by atoms with Crippen LogP contribution in [-0.2, 0) is 21.7 Å². The molecule has 7 aliphatic carbocycles. The van der Waals surface area contributed by atoms with Crippen molar-refractivity contribution in [2.75, 3.05) is 0 Å². The molecule has 77 heavy (non-hydrogen) atoms. The second-order valence-electron chi connectivity index (χ2n) is 25.3. The molecular weight excluding hydrogens is 927 g/mol. The van der Waals surface area contributed by atoms with Crippen molar-refractivity contribution in [3.8, 4) is 61.3 Å². The Balaban J connectivity index is 0.873. The molecule has 368 valence electrons. The van der Waals surface area contributed by atoms with Gasteiger partial charge in [0.2, 0.25) is 0 Å². The van der Waals surface area contributed by atoms with E-state index in [4.69, 9.17) is 0 Å². The smallest absolute Gasteiger partial charge is 0.0544 e. The lowest BCUT2D eigenvalue weighted by Crippen LogP contribution is -2.67. The lowest BCUT2D eigenvalue weighted by atomic mass is 9.32. The molecule has 0 aliphatic heterocycles. The van der Waals surface area contributed by atoms with Gasteiger partial charge in [0.1, 0.15) is 0 Å². The van der Waals surface area contributed by atoms with Gasteiger partial charge in [0, 0.05) is 38.1 Å². The lowest BCUT2D eigenvalue weighted by molar-refractivity contribution is -0.0788. The van der Waals surface area contributed by atoms with Crippen LogP contribution in [0.4, 0.5) is 0 Å². The van der Waals surface area contributed by atoms with Crippen LogP contribution >= 0.6 is 0 Å². The van der Waals surface area contributed by atoms with E-state index in [2.05, 4.69) is 243 Å². The lowest BCUT2D eigenvalue weighted by Gasteiger charge is -2.70. The summed E-state index contributed by atoms with van der Waals surface area (Å²) in [6.07, 6.45) is 7.08. The first kappa shape index (κ1) is 43.1. The van der Waals surface area contributed by atoms with Crippen molar-refractivity contribution >= 4 is 21.8 Å². The summed E-state index contributed by atoms with van der Waals surface area (Å²) in [6.45, 7) is 4.80. The molecule has 3 fully saturated rings. The monoisotopic (exact) mass is 985 g/mol. The van der Waals surface area contributed by atoms with Crippen molar-refractivity contribution in [1.82, 2.24) is 4.57 Å². The van der Waals surface area contributed by atoms with Crippen molar-refractivity contribution in [2.24, 2.45) is 5.92 Å². The number of rotatable bonds is 2. The third-order valence-corrected chi connectivity index (χ3v) is 21.7. The molecule has 0 radical (unpaired) electrons. The van der Waals surface area contributed by atoms with Gasteiger partial charge in [-0.15, -0.1) is 0 Å². The Kier molecular flexibility index (Phi) is 8.36. The van der Waals surface area contributed by atoms with Crippen LogP contribution in [0.3, 0.4) is 0 Å². The highest BCUT2D eigenvalue weighted by molar-refractivity contribution is 6.11. The number of para-hydroxylation sites is 1. The van der Waals surface area contributed by atoms with Crippen molar-refractivity contribution in [2.45, 2.75) is 91.8 Å². The highest BCUT2D eigenvalue weighted by atomic mass is 15.0. The van der Waals surface area contributed by atoms with Crippen molar-refractivity contribution < 1.29 is 0 Å². The second-order valence-corrected chi connectivity index (χ2v) is 25.3. The zero-order valence-electron chi connectivity index (χ0n) is 43.9. The van der Waals surface area contributed by atoms with Gasteiger partial charge in [-0.3, -0.25) is 0 Å². The largest absolute Gasteiger partial charge is 0.309 e. The molecule has 7 aliphatic rings. The topological polar surface area (TPSA) is 4.93 Å². The van der Waals surface area contributed by atoms with Gasteiger partial charge in [-0.2, -0.15) is 0 Å². The van der Waals surface area contributed by atoms with Crippen LogP contribution < -0.4 is 0 Å². The maximum atomic E-state index is 2.75. The molecule has 18 rings (SSSR count). The van der Waals surface area contributed by atoms with E-state index in [1.165, 1.54) is 126 Å². The van der Waals surface area contributed by atoms with Crippen LogP contribution in [0.5, 0.6) is 0 Å². The first-order chi connectivity index (χ1) is 37.8. The second kappa shape index (κ2) is 14.9. The fourth-order valence-electron chi connectivity index (χ4n) is 19.4. The van der Waals surface area contributed by atoms with Gasteiger partial charge in [0.25, 0.3) is 0 Å². The molecule has 1 heteroatoms. The quantitative estimate of drug-likeness (QED) is 0.163. The average molecular weight is 986 g/mol. The van der Waals surface area contributed by atoms with Crippen LogP contribution in [0.15, 0.2) is 224 Å². The Bertz CT molecular complexity index is 4320. The normalized spacial score (nSPS) is 25.7. The van der Waals surface area contributed by atoms with Crippen molar-refractivity contribution in [1.29, 1.82) is 0 Å². The summed E-state index contributed by atoms with van der Waals surface area (Å²) in [6, 6.07) is 89.1. The zero-order valence-corrected chi connectivity index (χ0v) is 43.9. The third-order valence-electron chi connectivity index (χ3n) is 21.7. The van der Waals surface area contributed by atoms with E-state index in [0.717, 1.165) is 6.42 Å². The number of hydrogen-bond donors (Lipinski definition) is 0. The average Bonchev–Trinajstić information content (AvgIpc) is 3.84. The summed E-state index contributed by atoms with van der Waals surface area (Å²) in [5.74, 6) is 1.66. The number of fused-ring (bicyclic) bond motifs is 21. The molecule has 1 heterocycles. The molecular formula is C76H59N. The van der Waals surface area contributed by atoms with Crippen LogP contribution in [0, 0.1) is 5.92 Å².